The molecule has 3 rings (SSSR count). The third-order valence-corrected chi connectivity index (χ3v) is 3.38. The number of hydrogen-bond acceptors (Lipinski definition) is 6. The van der Waals surface area contributed by atoms with Gasteiger partial charge in [0.25, 0.3) is 0 Å². The molecule has 0 aliphatic carbocycles. The second-order valence-corrected chi connectivity index (χ2v) is 5.37. The third kappa shape index (κ3) is 3.21. The molecule has 0 fully saturated rings. The van der Waals surface area contributed by atoms with E-state index >= 15 is 0 Å². The van der Waals surface area contributed by atoms with Crippen LogP contribution in [0.4, 0.5) is 29.2 Å². The van der Waals surface area contributed by atoms with Crippen molar-refractivity contribution in [2.24, 2.45) is 0 Å². The molecular formula is C17H18N6. The number of aryl methyl sites for hydroxylation is 2. The van der Waals surface area contributed by atoms with Crippen molar-refractivity contribution in [3.05, 3.63) is 59.7 Å². The Morgan fingerprint density at radius 1 is 0.739 bits per heavy atom. The predicted octanol–water partition coefficient (Wildman–Crippen LogP) is 3.12. The Balaban J connectivity index is 2.21. The van der Waals surface area contributed by atoms with Crippen LogP contribution in [0.5, 0.6) is 0 Å². The van der Waals surface area contributed by atoms with E-state index in [0.29, 0.717) is 5.95 Å². The molecule has 6 nitrogen and oxygen atoms in total. The van der Waals surface area contributed by atoms with Crippen LogP contribution in [0.15, 0.2) is 48.5 Å². The van der Waals surface area contributed by atoms with Crippen molar-refractivity contribution in [3.63, 3.8) is 0 Å². The topological polar surface area (TPSA) is 94.0 Å². The van der Waals surface area contributed by atoms with Crippen molar-refractivity contribution in [2.45, 2.75) is 13.8 Å². The van der Waals surface area contributed by atoms with Gasteiger partial charge in [-0.2, -0.15) is 15.0 Å². The van der Waals surface area contributed by atoms with Crippen LogP contribution in [0, 0.1) is 13.8 Å². The second-order valence-electron chi connectivity index (χ2n) is 5.37. The largest absolute Gasteiger partial charge is 0.368 e. The maximum Gasteiger partial charge on any atom is 0.241 e. The molecule has 0 aliphatic heterocycles. The predicted molar refractivity (Wildman–Crippen MR) is 92.8 cm³/mol. The first-order chi connectivity index (χ1) is 11.0. The first-order valence-corrected chi connectivity index (χ1v) is 7.23. The molecule has 2 aromatic carbocycles. The van der Waals surface area contributed by atoms with E-state index in [4.69, 9.17) is 11.5 Å². The molecule has 4 N–H and O–H groups in total. The van der Waals surface area contributed by atoms with E-state index in [1.54, 1.807) is 0 Å². The van der Waals surface area contributed by atoms with Gasteiger partial charge in [-0.25, -0.2) is 0 Å². The summed E-state index contributed by atoms with van der Waals surface area (Å²) in [4.78, 5) is 14.3. The minimum atomic E-state index is 0.0952. The standard InChI is InChI=1S/C17H18N6/c1-11-5-3-7-13(9-11)23(14-8-4-6-12(2)10-14)17-21-15(18)20-16(19)22-17/h3-10H,1-2H3,(H4,18,19,20,21,22). The van der Waals surface area contributed by atoms with Crippen LogP contribution in [0.3, 0.4) is 0 Å². The first-order valence-electron chi connectivity index (χ1n) is 7.23. The minimum Gasteiger partial charge on any atom is -0.368 e. The Kier molecular flexibility index (Phi) is 3.80. The van der Waals surface area contributed by atoms with Gasteiger partial charge in [-0.05, 0) is 49.2 Å². The molecule has 6 heteroatoms. The Morgan fingerprint density at radius 3 is 1.65 bits per heavy atom. The number of benzene rings is 2. The zero-order valence-corrected chi connectivity index (χ0v) is 13.1. The highest BCUT2D eigenvalue weighted by molar-refractivity contribution is 5.73. The molecule has 0 saturated carbocycles. The summed E-state index contributed by atoms with van der Waals surface area (Å²) >= 11 is 0. The van der Waals surface area contributed by atoms with E-state index in [2.05, 4.69) is 27.1 Å². The lowest BCUT2D eigenvalue weighted by molar-refractivity contribution is 1.03. The summed E-state index contributed by atoms with van der Waals surface area (Å²) < 4.78 is 0. The van der Waals surface area contributed by atoms with Gasteiger partial charge in [0.2, 0.25) is 17.8 Å². The minimum absolute atomic E-state index is 0.0952. The number of nitrogens with zero attached hydrogens (tertiary/aromatic N) is 4. The van der Waals surface area contributed by atoms with Gasteiger partial charge in [0, 0.05) is 11.4 Å². The van der Waals surface area contributed by atoms with E-state index in [1.165, 1.54) is 0 Å². The molecule has 23 heavy (non-hydrogen) atoms. The fourth-order valence-corrected chi connectivity index (χ4v) is 2.41. The highest BCUT2D eigenvalue weighted by atomic mass is 15.3. The molecule has 1 heterocycles. The third-order valence-electron chi connectivity index (χ3n) is 3.38. The smallest absolute Gasteiger partial charge is 0.241 e. The zero-order chi connectivity index (χ0) is 16.4. The number of aromatic nitrogens is 3. The van der Waals surface area contributed by atoms with Crippen LogP contribution in [0.25, 0.3) is 0 Å². The number of anilines is 5. The summed E-state index contributed by atoms with van der Waals surface area (Å²) in [5.74, 6) is 0.585. The summed E-state index contributed by atoms with van der Waals surface area (Å²) in [5.41, 5.74) is 15.6. The summed E-state index contributed by atoms with van der Waals surface area (Å²) in [5, 5.41) is 0. The quantitative estimate of drug-likeness (QED) is 0.772. The summed E-state index contributed by atoms with van der Waals surface area (Å²) in [7, 11) is 0. The summed E-state index contributed by atoms with van der Waals surface area (Å²) in [6.07, 6.45) is 0. The molecule has 116 valence electrons. The van der Waals surface area contributed by atoms with Crippen molar-refractivity contribution in [1.82, 2.24) is 15.0 Å². The average molecular weight is 306 g/mol. The lowest BCUT2D eigenvalue weighted by atomic mass is 10.1. The zero-order valence-electron chi connectivity index (χ0n) is 13.1. The van der Waals surface area contributed by atoms with E-state index in [-0.39, 0.29) is 11.9 Å². The second kappa shape index (κ2) is 5.92. The van der Waals surface area contributed by atoms with E-state index < -0.39 is 0 Å². The lowest BCUT2D eigenvalue weighted by Gasteiger charge is -2.23. The number of nitrogens with two attached hydrogens (primary N) is 2. The average Bonchev–Trinajstić information content (AvgIpc) is 2.46. The first kappa shape index (κ1) is 14.8. The molecule has 0 bridgehead atoms. The van der Waals surface area contributed by atoms with Gasteiger partial charge >= 0.3 is 0 Å². The van der Waals surface area contributed by atoms with Crippen molar-refractivity contribution < 1.29 is 0 Å². The highest BCUT2D eigenvalue weighted by Crippen LogP contribution is 2.33. The van der Waals surface area contributed by atoms with Gasteiger partial charge in [0.15, 0.2) is 0 Å². The van der Waals surface area contributed by atoms with Crippen LogP contribution in [-0.2, 0) is 0 Å². The fraction of sp³-hybridized carbons (Fsp3) is 0.118. The van der Waals surface area contributed by atoms with Gasteiger partial charge in [-0.3, -0.25) is 4.90 Å². The highest BCUT2D eigenvalue weighted by Gasteiger charge is 2.17. The van der Waals surface area contributed by atoms with Crippen LogP contribution >= 0.6 is 0 Å². The maximum absolute atomic E-state index is 5.74. The molecule has 0 saturated heterocycles. The monoisotopic (exact) mass is 306 g/mol. The van der Waals surface area contributed by atoms with Gasteiger partial charge < -0.3 is 11.5 Å². The van der Waals surface area contributed by atoms with Crippen LogP contribution < -0.4 is 16.4 Å². The molecule has 0 atom stereocenters. The molecule has 0 unspecified atom stereocenters. The molecular weight excluding hydrogens is 288 g/mol. The molecule has 3 aromatic rings. The van der Waals surface area contributed by atoms with Gasteiger partial charge in [-0.15, -0.1) is 0 Å². The molecule has 0 amide bonds. The molecule has 0 aliphatic rings. The van der Waals surface area contributed by atoms with Gasteiger partial charge in [-0.1, -0.05) is 24.3 Å². The summed E-state index contributed by atoms with van der Waals surface area (Å²) in [6.45, 7) is 4.07. The van der Waals surface area contributed by atoms with Gasteiger partial charge in [0.05, 0.1) is 0 Å². The van der Waals surface area contributed by atoms with E-state index in [1.807, 2.05) is 55.1 Å². The van der Waals surface area contributed by atoms with Crippen molar-refractivity contribution in [1.29, 1.82) is 0 Å². The van der Waals surface area contributed by atoms with E-state index in [9.17, 15) is 0 Å². The Labute approximate surface area is 134 Å². The fourth-order valence-electron chi connectivity index (χ4n) is 2.41. The Hall–Kier alpha value is -3.15. The number of rotatable bonds is 3. The van der Waals surface area contributed by atoms with Crippen LogP contribution in [0.1, 0.15) is 11.1 Å². The van der Waals surface area contributed by atoms with Crippen LogP contribution in [-0.4, -0.2) is 15.0 Å². The Morgan fingerprint density at radius 2 is 1.22 bits per heavy atom. The SMILES string of the molecule is Cc1cccc(N(c2cccc(C)c2)c2nc(N)nc(N)n2)c1. The normalized spacial score (nSPS) is 10.5. The van der Waals surface area contributed by atoms with Crippen molar-refractivity contribution in [3.8, 4) is 0 Å². The molecule has 1 aromatic heterocycles. The lowest BCUT2D eigenvalue weighted by Crippen LogP contribution is -2.16. The van der Waals surface area contributed by atoms with Crippen molar-refractivity contribution >= 4 is 29.2 Å². The van der Waals surface area contributed by atoms with Crippen molar-refractivity contribution in [2.75, 3.05) is 16.4 Å². The van der Waals surface area contributed by atoms with Gasteiger partial charge in [0.1, 0.15) is 0 Å². The number of hydrogen-bond donors (Lipinski definition) is 2. The maximum atomic E-state index is 5.74. The molecule has 0 spiro atoms. The van der Waals surface area contributed by atoms with Crippen LogP contribution in [0.2, 0.25) is 0 Å². The number of nitrogen functional groups attached to an aromatic ring is 2. The molecule has 0 radical (unpaired) electrons. The van der Waals surface area contributed by atoms with E-state index in [0.717, 1.165) is 22.5 Å². The summed E-state index contributed by atoms with van der Waals surface area (Å²) in [6, 6.07) is 16.1. The Bertz CT molecular complexity index is 780.